The first-order valence-corrected chi connectivity index (χ1v) is 11.2. The fourth-order valence-corrected chi connectivity index (χ4v) is 6.51. The van der Waals surface area contributed by atoms with Gasteiger partial charge in [0.1, 0.15) is 0 Å². The maximum atomic E-state index is 6.28. The van der Waals surface area contributed by atoms with Crippen LogP contribution in [0.3, 0.4) is 0 Å². The van der Waals surface area contributed by atoms with Crippen molar-refractivity contribution < 1.29 is 4.74 Å². The zero-order chi connectivity index (χ0) is 18.1. The first-order valence-electron chi connectivity index (χ1n) is 9.30. The molecule has 0 saturated heterocycles. The molecule has 1 nitrogen and oxygen atoms in total. The van der Waals surface area contributed by atoms with Gasteiger partial charge in [0.25, 0.3) is 0 Å². The summed E-state index contributed by atoms with van der Waals surface area (Å²) in [5, 5.41) is 2.53. The van der Waals surface area contributed by atoms with Crippen LogP contribution >= 0.6 is 0 Å². The molecule has 0 spiro atoms. The summed E-state index contributed by atoms with van der Waals surface area (Å²) < 4.78 is 7.72. The van der Waals surface area contributed by atoms with E-state index in [1.165, 1.54) is 26.4 Å². The Morgan fingerprint density at radius 3 is 2.07 bits per heavy atom. The van der Waals surface area contributed by atoms with Gasteiger partial charge in [0.2, 0.25) is 0 Å². The minimum atomic E-state index is 0.352. The predicted octanol–water partition coefficient (Wildman–Crippen LogP) is 5.18. The molecule has 1 aliphatic rings. The van der Waals surface area contributed by atoms with Crippen molar-refractivity contribution in [2.24, 2.45) is 0 Å². The van der Waals surface area contributed by atoms with Crippen molar-refractivity contribution >= 4 is 30.2 Å². The van der Waals surface area contributed by atoms with Crippen molar-refractivity contribution in [2.45, 2.75) is 10.7 Å². The molecule has 2 heteroatoms. The normalized spacial score (nSPS) is 18.7. The number of rotatable bonds is 3. The number of benzene rings is 4. The number of ether oxygens (including phenoxy) is 1. The van der Waals surface area contributed by atoms with E-state index in [1.54, 1.807) is 0 Å². The van der Waals surface area contributed by atoms with Crippen LogP contribution in [-0.2, 0) is 0 Å². The van der Waals surface area contributed by atoms with E-state index in [2.05, 4.69) is 97.1 Å². The summed E-state index contributed by atoms with van der Waals surface area (Å²) in [5.41, 5.74) is 2.72. The number of fused-ring (bicyclic) bond motifs is 2. The predicted molar refractivity (Wildman–Crippen MR) is 113 cm³/mol. The van der Waals surface area contributed by atoms with Crippen molar-refractivity contribution in [3.8, 4) is 5.75 Å². The van der Waals surface area contributed by atoms with Crippen LogP contribution in [0, 0.1) is 0 Å². The Morgan fingerprint density at radius 1 is 0.704 bits per heavy atom. The third-order valence-electron chi connectivity index (χ3n) is 5.18. The molecule has 27 heavy (non-hydrogen) atoms. The van der Waals surface area contributed by atoms with E-state index in [9.17, 15) is 0 Å². The fraction of sp³-hybridized carbons (Fsp3) is 0.120. The van der Waals surface area contributed by atoms with Crippen LogP contribution < -0.4 is 9.20 Å². The van der Waals surface area contributed by atoms with Crippen molar-refractivity contribution in [3.63, 3.8) is 0 Å². The Balaban J connectivity index is 1.63. The first kappa shape index (κ1) is 16.6. The van der Waals surface area contributed by atoms with Crippen LogP contribution in [0.5, 0.6) is 5.75 Å². The molecule has 0 fully saturated rings. The zero-order valence-corrected chi connectivity index (χ0v) is 16.6. The van der Waals surface area contributed by atoms with E-state index in [0.29, 0.717) is 25.7 Å². The van der Waals surface area contributed by atoms with Crippen molar-refractivity contribution in [1.82, 2.24) is 0 Å². The Bertz CT molecular complexity index is 1060. The molecule has 4 aromatic carbocycles. The second kappa shape index (κ2) is 7.23. The van der Waals surface area contributed by atoms with E-state index < -0.39 is 0 Å². The molecule has 0 saturated carbocycles. The minimum absolute atomic E-state index is 0.352. The molecule has 132 valence electrons. The molecule has 0 aliphatic carbocycles. The molecule has 0 unspecified atom stereocenters. The Hall–Kier alpha value is -2.54. The first-order chi connectivity index (χ1) is 13.4. The molecular weight excluding hydrogens is 395 g/mol. The van der Waals surface area contributed by atoms with E-state index in [1.807, 2.05) is 0 Å². The Labute approximate surface area is 166 Å². The molecule has 0 bridgehead atoms. The fourth-order valence-electron chi connectivity index (χ4n) is 3.90. The third-order valence-corrected chi connectivity index (χ3v) is 7.81. The van der Waals surface area contributed by atoms with Gasteiger partial charge in [0.05, 0.1) is 0 Å². The van der Waals surface area contributed by atoms with Crippen LogP contribution in [0.25, 0.3) is 10.8 Å². The Kier molecular flexibility index (Phi) is 4.45. The quantitative estimate of drug-likeness (QED) is 0.419. The van der Waals surface area contributed by atoms with Crippen LogP contribution in [0.1, 0.15) is 17.0 Å². The second-order valence-electron chi connectivity index (χ2n) is 6.91. The molecule has 0 N–H and O–H groups in total. The summed E-state index contributed by atoms with van der Waals surface area (Å²) in [6.45, 7) is 0.778. The van der Waals surface area contributed by atoms with Gasteiger partial charge in [0, 0.05) is 0 Å². The molecule has 5 rings (SSSR count). The van der Waals surface area contributed by atoms with E-state index in [0.717, 1.165) is 12.4 Å². The van der Waals surface area contributed by atoms with Crippen LogP contribution in [0.4, 0.5) is 0 Å². The SMILES string of the molecule is c1ccc([Se][C@H]2COc3cc4ccccc4cc3[C@@H]2c2ccccc2)cc1. The number of hydrogen-bond acceptors (Lipinski definition) is 1. The van der Waals surface area contributed by atoms with Crippen LogP contribution in [-0.4, -0.2) is 21.6 Å². The summed E-state index contributed by atoms with van der Waals surface area (Å²) in [5.74, 6) is 1.42. The van der Waals surface area contributed by atoms with Gasteiger partial charge in [-0.3, -0.25) is 0 Å². The van der Waals surface area contributed by atoms with Crippen molar-refractivity contribution in [3.05, 3.63) is 108 Å². The van der Waals surface area contributed by atoms with Crippen molar-refractivity contribution in [1.29, 1.82) is 0 Å². The molecule has 1 heterocycles. The van der Waals surface area contributed by atoms with Gasteiger partial charge in [-0.05, 0) is 0 Å². The van der Waals surface area contributed by atoms with Gasteiger partial charge in [-0.15, -0.1) is 0 Å². The molecular formula is C25H20OSe. The summed E-state index contributed by atoms with van der Waals surface area (Å²) in [6, 6.07) is 34.9. The van der Waals surface area contributed by atoms with Crippen LogP contribution in [0.15, 0.2) is 97.1 Å². The monoisotopic (exact) mass is 416 g/mol. The Morgan fingerprint density at radius 2 is 1.33 bits per heavy atom. The second-order valence-corrected chi connectivity index (χ2v) is 9.66. The zero-order valence-electron chi connectivity index (χ0n) is 14.9. The van der Waals surface area contributed by atoms with Gasteiger partial charge in [0.15, 0.2) is 0 Å². The standard InChI is InChI=1S/C25H20OSe/c1-3-9-18(10-4-1)25-22-15-19-11-7-8-12-20(19)16-23(22)26-17-24(25)27-21-13-5-2-6-14-21/h1-16,24-25H,17H2/t24-,25-/m0/s1. The molecule has 2 atom stereocenters. The van der Waals surface area contributed by atoms with E-state index in [-0.39, 0.29) is 0 Å². The van der Waals surface area contributed by atoms with Gasteiger partial charge >= 0.3 is 166 Å². The molecule has 0 amide bonds. The van der Waals surface area contributed by atoms with Gasteiger partial charge in [-0.1, -0.05) is 0 Å². The number of hydrogen-bond donors (Lipinski definition) is 0. The summed E-state index contributed by atoms with van der Waals surface area (Å²) >= 11 is 0.352. The summed E-state index contributed by atoms with van der Waals surface area (Å²) in [4.78, 5) is 0.482. The van der Waals surface area contributed by atoms with E-state index >= 15 is 0 Å². The van der Waals surface area contributed by atoms with Gasteiger partial charge in [-0.25, -0.2) is 0 Å². The van der Waals surface area contributed by atoms with Gasteiger partial charge < -0.3 is 0 Å². The molecule has 0 aromatic heterocycles. The van der Waals surface area contributed by atoms with Crippen molar-refractivity contribution in [2.75, 3.05) is 6.61 Å². The van der Waals surface area contributed by atoms with Gasteiger partial charge in [-0.2, -0.15) is 0 Å². The molecule has 4 aromatic rings. The third kappa shape index (κ3) is 3.27. The van der Waals surface area contributed by atoms with E-state index in [4.69, 9.17) is 4.74 Å². The maximum absolute atomic E-state index is 6.28. The average molecular weight is 415 g/mol. The summed E-state index contributed by atoms with van der Waals surface area (Å²) in [6.07, 6.45) is 0. The molecule has 0 radical (unpaired) electrons. The van der Waals surface area contributed by atoms with Crippen LogP contribution in [0.2, 0.25) is 4.82 Å². The summed E-state index contributed by atoms with van der Waals surface area (Å²) in [7, 11) is 0. The molecule has 1 aliphatic heterocycles. The topological polar surface area (TPSA) is 9.23 Å². The average Bonchev–Trinajstić information content (AvgIpc) is 2.73.